The molecule has 0 radical (unpaired) electrons. The first-order valence-electron chi connectivity index (χ1n) is 3.64. The third-order valence-corrected chi connectivity index (χ3v) is 2.69. The van der Waals surface area contributed by atoms with Gasteiger partial charge in [-0.1, -0.05) is 11.3 Å². The lowest BCUT2D eigenvalue weighted by molar-refractivity contribution is 0.219. The van der Waals surface area contributed by atoms with Crippen molar-refractivity contribution in [1.29, 1.82) is 0 Å². The molecular weight excluding hydrogens is 240 g/mol. The predicted octanol–water partition coefficient (Wildman–Crippen LogP) is 1.89. The largest absolute Gasteiger partial charge is 0.466 e. The van der Waals surface area contributed by atoms with Crippen LogP contribution in [0.25, 0.3) is 0 Å². The summed E-state index contributed by atoms with van der Waals surface area (Å²) in [5, 5.41) is 5.65. The van der Waals surface area contributed by atoms with E-state index in [-0.39, 0.29) is 6.10 Å². The van der Waals surface area contributed by atoms with Crippen molar-refractivity contribution in [2.75, 3.05) is 13.6 Å². The lowest BCUT2D eigenvalue weighted by Crippen LogP contribution is -2.25. The number of aromatic nitrogens is 1. The molecule has 0 aliphatic heterocycles. The predicted molar refractivity (Wildman–Crippen MR) is 53.8 cm³/mol. The van der Waals surface area contributed by atoms with Crippen molar-refractivity contribution in [3.63, 3.8) is 0 Å². The summed E-state index contributed by atoms with van der Waals surface area (Å²) < 4.78 is 6.32. The van der Waals surface area contributed by atoms with E-state index in [4.69, 9.17) is 4.74 Å². The standard InChI is InChI=1S/C7H11BrN2OS/c1-5(3-9-2)11-7-10-6(8)4-12-7/h4-5,9H,3H2,1-2H3. The molecule has 12 heavy (non-hydrogen) atoms. The molecule has 0 bridgehead atoms. The fraction of sp³-hybridized carbons (Fsp3) is 0.571. The molecule has 68 valence electrons. The SMILES string of the molecule is CNCC(C)Oc1nc(Br)cs1. The zero-order valence-electron chi connectivity index (χ0n) is 7.00. The fourth-order valence-corrected chi connectivity index (χ4v) is 1.97. The van der Waals surface area contributed by atoms with Gasteiger partial charge in [-0.25, -0.2) is 0 Å². The zero-order valence-corrected chi connectivity index (χ0v) is 9.41. The third-order valence-electron chi connectivity index (χ3n) is 1.25. The smallest absolute Gasteiger partial charge is 0.274 e. The van der Waals surface area contributed by atoms with Gasteiger partial charge in [0.25, 0.3) is 5.19 Å². The van der Waals surface area contributed by atoms with Crippen molar-refractivity contribution in [2.45, 2.75) is 13.0 Å². The van der Waals surface area contributed by atoms with Gasteiger partial charge in [0.2, 0.25) is 0 Å². The van der Waals surface area contributed by atoms with Crippen LogP contribution in [0.2, 0.25) is 0 Å². The van der Waals surface area contributed by atoms with E-state index in [0.717, 1.165) is 11.1 Å². The van der Waals surface area contributed by atoms with Crippen molar-refractivity contribution < 1.29 is 4.74 Å². The summed E-state index contributed by atoms with van der Waals surface area (Å²) in [6.45, 7) is 2.84. The van der Waals surface area contributed by atoms with Crippen LogP contribution < -0.4 is 10.1 Å². The average molecular weight is 251 g/mol. The summed E-state index contributed by atoms with van der Waals surface area (Å²) in [7, 11) is 1.90. The van der Waals surface area contributed by atoms with E-state index in [1.165, 1.54) is 11.3 Å². The third kappa shape index (κ3) is 3.08. The highest BCUT2D eigenvalue weighted by Crippen LogP contribution is 2.22. The number of likely N-dealkylation sites (N-methyl/N-ethyl adjacent to an activating group) is 1. The molecule has 3 nitrogen and oxygen atoms in total. The minimum atomic E-state index is 0.160. The van der Waals surface area contributed by atoms with E-state index in [1.54, 1.807) is 0 Å². The summed E-state index contributed by atoms with van der Waals surface area (Å²) >= 11 is 4.76. The Balaban J connectivity index is 2.41. The van der Waals surface area contributed by atoms with E-state index in [1.807, 2.05) is 19.4 Å². The van der Waals surface area contributed by atoms with E-state index in [2.05, 4.69) is 26.2 Å². The van der Waals surface area contributed by atoms with Crippen molar-refractivity contribution in [1.82, 2.24) is 10.3 Å². The second-order valence-corrected chi connectivity index (χ2v) is 4.06. The van der Waals surface area contributed by atoms with Crippen LogP contribution in [0.3, 0.4) is 0 Å². The van der Waals surface area contributed by atoms with Gasteiger partial charge in [-0.3, -0.25) is 0 Å². The van der Waals surface area contributed by atoms with Crippen molar-refractivity contribution in [2.24, 2.45) is 0 Å². The molecule has 1 heterocycles. The first-order valence-corrected chi connectivity index (χ1v) is 5.32. The second kappa shape index (κ2) is 4.79. The van der Waals surface area contributed by atoms with Crippen molar-refractivity contribution in [3.05, 3.63) is 9.98 Å². The molecule has 1 rings (SSSR count). The Morgan fingerprint density at radius 1 is 1.83 bits per heavy atom. The Labute approximate surface area is 84.3 Å². The van der Waals surface area contributed by atoms with Crippen LogP contribution >= 0.6 is 27.3 Å². The van der Waals surface area contributed by atoms with Gasteiger partial charge in [-0.2, -0.15) is 4.98 Å². The first kappa shape index (κ1) is 9.95. The van der Waals surface area contributed by atoms with Gasteiger partial charge < -0.3 is 10.1 Å². The Bertz CT molecular complexity index is 241. The molecule has 0 aliphatic carbocycles. The molecule has 1 atom stereocenters. The number of halogens is 1. The molecule has 1 aromatic rings. The maximum Gasteiger partial charge on any atom is 0.274 e. The fourth-order valence-electron chi connectivity index (χ4n) is 0.794. The van der Waals surface area contributed by atoms with Crippen molar-refractivity contribution in [3.8, 4) is 5.19 Å². The Hall–Kier alpha value is -0.130. The number of ether oxygens (including phenoxy) is 1. The number of hydrogen-bond donors (Lipinski definition) is 1. The maximum absolute atomic E-state index is 5.49. The summed E-state index contributed by atoms with van der Waals surface area (Å²) in [5.41, 5.74) is 0. The topological polar surface area (TPSA) is 34.1 Å². The highest BCUT2D eigenvalue weighted by molar-refractivity contribution is 9.10. The minimum Gasteiger partial charge on any atom is -0.466 e. The van der Waals surface area contributed by atoms with Gasteiger partial charge in [-0.15, -0.1) is 0 Å². The first-order chi connectivity index (χ1) is 5.72. The molecule has 1 unspecified atom stereocenters. The van der Waals surface area contributed by atoms with Crippen LogP contribution in [-0.4, -0.2) is 24.7 Å². The molecule has 1 N–H and O–H groups in total. The summed E-state index contributed by atoms with van der Waals surface area (Å²) in [6, 6.07) is 0. The van der Waals surface area contributed by atoms with Crippen LogP contribution in [0.15, 0.2) is 9.98 Å². The lowest BCUT2D eigenvalue weighted by Gasteiger charge is -2.10. The van der Waals surface area contributed by atoms with E-state index in [0.29, 0.717) is 5.19 Å². The molecular formula is C7H11BrN2OS. The van der Waals surface area contributed by atoms with Crippen LogP contribution in [-0.2, 0) is 0 Å². The molecule has 0 amide bonds. The average Bonchev–Trinajstić information content (AvgIpc) is 2.36. The summed E-state index contributed by atoms with van der Waals surface area (Å²) in [4.78, 5) is 4.12. The number of nitrogens with one attached hydrogen (secondary N) is 1. The van der Waals surface area contributed by atoms with Gasteiger partial charge in [0.05, 0.1) is 0 Å². The molecule has 0 saturated heterocycles. The quantitative estimate of drug-likeness (QED) is 0.887. The van der Waals surface area contributed by atoms with E-state index >= 15 is 0 Å². The normalized spacial score (nSPS) is 12.9. The molecule has 0 saturated carbocycles. The minimum absolute atomic E-state index is 0.160. The maximum atomic E-state index is 5.49. The van der Waals surface area contributed by atoms with Gasteiger partial charge in [-0.05, 0) is 29.9 Å². The number of rotatable bonds is 4. The number of hydrogen-bond acceptors (Lipinski definition) is 4. The van der Waals surface area contributed by atoms with Gasteiger partial charge in [0.1, 0.15) is 10.7 Å². The summed E-state index contributed by atoms with van der Waals surface area (Å²) in [5.74, 6) is 0. The second-order valence-electron chi connectivity index (χ2n) is 2.42. The monoisotopic (exact) mass is 250 g/mol. The molecule has 0 fully saturated rings. The Kier molecular flexibility index (Phi) is 3.97. The summed E-state index contributed by atoms with van der Waals surface area (Å²) in [6.07, 6.45) is 0.160. The zero-order chi connectivity index (χ0) is 8.97. The molecule has 5 heteroatoms. The van der Waals surface area contributed by atoms with E-state index < -0.39 is 0 Å². The number of thiazole rings is 1. The Morgan fingerprint density at radius 3 is 3.08 bits per heavy atom. The molecule has 0 aliphatic rings. The molecule has 1 aromatic heterocycles. The highest BCUT2D eigenvalue weighted by Gasteiger charge is 2.05. The Morgan fingerprint density at radius 2 is 2.58 bits per heavy atom. The van der Waals surface area contributed by atoms with Crippen LogP contribution in [0.4, 0.5) is 0 Å². The highest BCUT2D eigenvalue weighted by atomic mass is 79.9. The van der Waals surface area contributed by atoms with Gasteiger partial charge in [0.15, 0.2) is 0 Å². The number of nitrogens with zero attached hydrogens (tertiary/aromatic N) is 1. The van der Waals surface area contributed by atoms with Gasteiger partial charge >= 0.3 is 0 Å². The molecule has 0 spiro atoms. The van der Waals surface area contributed by atoms with E-state index in [9.17, 15) is 0 Å². The van der Waals surface area contributed by atoms with Gasteiger partial charge in [0, 0.05) is 11.9 Å². The van der Waals surface area contributed by atoms with Crippen LogP contribution in [0.5, 0.6) is 5.19 Å². The van der Waals surface area contributed by atoms with Crippen LogP contribution in [0, 0.1) is 0 Å². The molecule has 0 aromatic carbocycles. The lowest BCUT2D eigenvalue weighted by atomic mass is 10.4. The van der Waals surface area contributed by atoms with Crippen LogP contribution in [0.1, 0.15) is 6.92 Å². The van der Waals surface area contributed by atoms with Crippen molar-refractivity contribution >= 4 is 27.3 Å².